The molecule has 0 fully saturated rings. The van der Waals surface area contributed by atoms with Crippen LogP contribution in [0.2, 0.25) is 0 Å². The van der Waals surface area contributed by atoms with Crippen LogP contribution in [0.4, 0.5) is 5.69 Å². The predicted molar refractivity (Wildman–Crippen MR) is 68.9 cm³/mol. The van der Waals surface area contributed by atoms with E-state index in [2.05, 4.69) is 22.2 Å². The van der Waals surface area contributed by atoms with Crippen molar-refractivity contribution >= 4 is 11.6 Å². The molecule has 17 heavy (non-hydrogen) atoms. The molecule has 0 radical (unpaired) electrons. The van der Waals surface area contributed by atoms with Gasteiger partial charge < -0.3 is 10.2 Å². The first-order valence-corrected chi connectivity index (χ1v) is 6.09. The number of aromatic nitrogens is 2. The van der Waals surface area contributed by atoms with Gasteiger partial charge in [-0.15, -0.1) is 0 Å². The van der Waals surface area contributed by atoms with Gasteiger partial charge in [-0.25, -0.2) is 0 Å². The molecule has 96 valence electrons. The number of amides is 1. The first kappa shape index (κ1) is 13.7. The van der Waals surface area contributed by atoms with Gasteiger partial charge in [0, 0.05) is 19.2 Å². The summed E-state index contributed by atoms with van der Waals surface area (Å²) in [6, 6.07) is 0. The van der Waals surface area contributed by atoms with Gasteiger partial charge >= 0.3 is 0 Å². The number of carbonyl (C=O) groups is 1. The third-order valence-corrected chi connectivity index (χ3v) is 2.45. The highest BCUT2D eigenvalue weighted by molar-refractivity contribution is 5.90. The summed E-state index contributed by atoms with van der Waals surface area (Å²) in [5, 5.41) is 7.05. The van der Waals surface area contributed by atoms with Crippen molar-refractivity contribution in [3.05, 3.63) is 12.4 Å². The number of unbranched alkanes of at least 4 members (excludes halogenated alkanes) is 1. The first-order chi connectivity index (χ1) is 8.11. The van der Waals surface area contributed by atoms with Crippen molar-refractivity contribution in [1.29, 1.82) is 0 Å². The van der Waals surface area contributed by atoms with E-state index in [4.69, 9.17) is 0 Å². The van der Waals surface area contributed by atoms with E-state index in [9.17, 15) is 4.79 Å². The fourth-order valence-electron chi connectivity index (χ4n) is 1.41. The summed E-state index contributed by atoms with van der Waals surface area (Å²) in [4.78, 5) is 13.6. The van der Waals surface area contributed by atoms with Crippen LogP contribution < -0.4 is 5.32 Å². The molecule has 0 saturated carbocycles. The lowest BCUT2D eigenvalue weighted by molar-refractivity contribution is -0.116. The molecule has 0 aliphatic rings. The number of anilines is 1. The maximum absolute atomic E-state index is 11.5. The smallest absolute Gasteiger partial charge is 0.224 e. The zero-order valence-electron chi connectivity index (χ0n) is 10.9. The van der Waals surface area contributed by atoms with Gasteiger partial charge in [-0.3, -0.25) is 9.48 Å². The second-order valence-electron chi connectivity index (χ2n) is 4.45. The zero-order chi connectivity index (χ0) is 12.7. The molecule has 1 aromatic rings. The Labute approximate surface area is 103 Å². The quantitative estimate of drug-likeness (QED) is 0.784. The zero-order valence-corrected chi connectivity index (χ0v) is 10.9. The molecule has 0 aromatic carbocycles. The Morgan fingerprint density at radius 2 is 2.29 bits per heavy atom. The normalized spacial score (nSPS) is 10.8. The highest BCUT2D eigenvalue weighted by Gasteiger charge is 2.04. The Hall–Kier alpha value is -1.36. The Morgan fingerprint density at radius 1 is 1.53 bits per heavy atom. The summed E-state index contributed by atoms with van der Waals surface area (Å²) in [6.45, 7) is 3.84. The van der Waals surface area contributed by atoms with Gasteiger partial charge in [0.05, 0.1) is 18.4 Å². The van der Waals surface area contributed by atoms with Crippen LogP contribution in [-0.4, -0.2) is 41.2 Å². The number of carbonyl (C=O) groups excluding carboxylic acids is 1. The summed E-state index contributed by atoms with van der Waals surface area (Å²) in [5.74, 6) is 0.0685. The Balaban J connectivity index is 2.37. The van der Waals surface area contributed by atoms with E-state index in [1.165, 1.54) is 0 Å². The number of nitrogens with zero attached hydrogens (tertiary/aromatic N) is 3. The lowest BCUT2D eigenvalue weighted by Gasteiger charge is -2.08. The van der Waals surface area contributed by atoms with Gasteiger partial charge in [0.1, 0.15) is 0 Å². The largest absolute Gasteiger partial charge is 0.323 e. The van der Waals surface area contributed by atoms with Gasteiger partial charge in [0.2, 0.25) is 5.91 Å². The van der Waals surface area contributed by atoms with Crippen LogP contribution in [0, 0.1) is 0 Å². The minimum Gasteiger partial charge on any atom is -0.323 e. The van der Waals surface area contributed by atoms with Crippen LogP contribution in [0.3, 0.4) is 0 Å². The van der Waals surface area contributed by atoms with Crippen LogP contribution in [0.5, 0.6) is 0 Å². The van der Waals surface area contributed by atoms with Crippen molar-refractivity contribution in [3.8, 4) is 0 Å². The van der Waals surface area contributed by atoms with E-state index >= 15 is 0 Å². The number of likely N-dealkylation sites (N-methyl/N-ethyl adjacent to an activating group) is 1. The van der Waals surface area contributed by atoms with E-state index in [0.29, 0.717) is 6.42 Å². The summed E-state index contributed by atoms with van der Waals surface area (Å²) >= 11 is 0. The molecule has 5 heteroatoms. The monoisotopic (exact) mass is 238 g/mol. The molecule has 0 bridgehead atoms. The highest BCUT2D eigenvalue weighted by atomic mass is 16.1. The average Bonchev–Trinajstić information content (AvgIpc) is 2.71. The minimum absolute atomic E-state index is 0.0685. The van der Waals surface area contributed by atoms with Crippen LogP contribution in [0.1, 0.15) is 26.2 Å². The van der Waals surface area contributed by atoms with Crippen LogP contribution in [0.15, 0.2) is 12.4 Å². The van der Waals surface area contributed by atoms with Gasteiger partial charge in [-0.1, -0.05) is 13.3 Å². The fourth-order valence-corrected chi connectivity index (χ4v) is 1.41. The Kier molecular flexibility index (Phi) is 5.69. The fraction of sp³-hybridized carbons (Fsp3) is 0.667. The summed E-state index contributed by atoms with van der Waals surface area (Å²) in [5.41, 5.74) is 0.782. The van der Waals surface area contributed by atoms with Crippen LogP contribution in [-0.2, 0) is 11.3 Å². The van der Waals surface area contributed by atoms with Crippen molar-refractivity contribution in [3.63, 3.8) is 0 Å². The predicted octanol–water partition coefficient (Wildman–Crippen LogP) is 1.57. The Bertz CT molecular complexity index is 346. The van der Waals surface area contributed by atoms with Gasteiger partial charge in [0.15, 0.2) is 0 Å². The molecule has 1 aromatic heterocycles. The Morgan fingerprint density at radius 3 is 2.94 bits per heavy atom. The molecular weight excluding hydrogens is 216 g/mol. The van der Waals surface area contributed by atoms with E-state index in [-0.39, 0.29) is 5.91 Å². The standard InChI is InChI=1S/C12H22N4O/c1-4-5-6-12(17)14-11-9-13-16(10-11)8-7-15(2)3/h9-10H,4-8H2,1-3H3,(H,14,17). The first-order valence-electron chi connectivity index (χ1n) is 6.09. The van der Waals surface area contributed by atoms with Crippen molar-refractivity contribution in [2.75, 3.05) is 26.0 Å². The van der Waals surface area contributed by atoms with Crippen molar-refractivity contribution < 1.29 is 4.79 Å². The lowest BCUT2D eigenvalue weighted by Crippen LogP contribution is -2.18. The summed E-state index contributed by atoms with van der Waals surface area (Å²) < 4.78 is 1.84. The molecule has 5 nitrogen and oxygen atoms in total. The van der Waals surface area contributed by atoms with E-state index in [1.807, 2.05) is 25.0 Å². The molecule has 1 heterocycles. The molecule has 0 aliphatic heterocycles. The van der Waals surface area contributed by atoms with Gasteiger partial charge in [-0.05, 0) is 20.5 Å². The third-order valence-electron chi connectivity index (χ3n) is 2.45. The molecule has 0 saturated heterocycles. The van der Waals surface area contributed by atoms with E-state index in [1.54, 1.807) is 6.20 Å². The highest BCUT2D eigenvalue weighted by Crippen LogP contribution is 2.06. The average molecular weight is 238 g/mol. The van der Waals surface area contributed by atoms with Crippen LogP contribution in [0.25, 0.3) is 0 Å². The maximum Gasteiger partial charge on any atom is 0.224 e. The van der Waals surface area contributed by atoms with Crippen molar-refractivity contribution in [2.24, 2.45) is 0 Å². The lowest BCUT2D eigenvalue weighted by atomic mass is 10.2. The second kappa shape index (κ2) is 7.06. The van der Waals surface area contributed by atoms with Crippen LogP contribution >= 0.6 is 0 Å². The SMILES string of the molecule is CCCCC(=O)Nc1cnn(CCN(C)C)c1. The van der Waals surface area contributed by atoms with Gasteiger partial charge in [-0.2, -0.15) is 5.10 Å². The van der Waals surface area contributed by atoms with Crippen molar-refractivity contribution in [2.45, 2.75) is 32.7 Å². The summed E-state index contributed by atoms with van der Waals surface area (Å²) in [6.07, 6.45) is 6.11. The van der Waals surface area contributed by atoms with E-state index in [0.717, 1.165) is 31.6 Å². The van der Waals surface area contributed by atoms with E-state index < -0.39 is 0 Å². The topological polar surface area (TPSA) is 50.2 Å². The minimum atomic E-state index is 0.0685. The van der Waals surface area contributed by atoms with Crippen molar-refractivity contribution in [1.82, 2.24) is 14.7 Å². The number of rotatable bonds is 7. The molecule has 0 unspecified atom stereocenters. The van der Waals surface area contributed by atoms with Gasteiger partial charge in [0.25, 0.3) is 0 Å². The third kappa shape index (κ3) is 5.49. The number of hydrogen-bond donors (Lipinski definition) is 1. The molecule has 1 amide bonds. The molecule has 0 aliphatic carbocycles. The summed E-state index contributed by atoms with van der Waals surface area (Å²) in [7, 11) is 4.05. The molecule has 0 spiro atoms. The second-order valence-corrected chi connectivity index (χ2v) is 4.45. The molecular formula is C12H22N4O. The molecule has 0 atom stereocenters. The number of nitrogens with one attached hydrogen (secondary N) is 1. The number of hydrogen-bond acceptors (Lipinski definition) is 3. The molecule has 1 rings (SSSR count). The molecule has 1 N–H and O–H groups in total. The maximum atomic E-state index is 11.5.